The molecule has 2 N–H and O–H groups in total. The van der Waals surface area contributed by atoms with E-state index in [-0.39, 0.29) is 25.9 Å². The predicted molar refractivity (Wildman–Crippen MR) is 297 cm³/mol. The number of carbonyl (C=O) groups excluding carboxylic acids is 3. The minimum absolute atomic E-state index is 0.0359. The minimum Gasteiger partial charge on any atom is -0.462 e. The molecule has 11 nitrogen and oxygen atoms in total. The van der Waals surface area contributed by atoms with Gasteiger partial charge in [0.25, 0.3) is 0 Å². The number of aliphatic hydroxyl groups excluding tert-OH is 1. The van der Waals surface area contributed by atoms with E-state index in [1.807, 2.05) is 12.2 Å². The van der Waals surface area contributed by atoms with Gasteiger partial charge in [0.15, 0.2) is 6.10 Å². The van der Waals surface area contributed by atoms with Crippen LogP contribution in [0.4, 0.5) is 0 Å². The number of rotatable bonds is 50. The van der Waals surface area contributed by atoms with Crippen molar-refractivity contribution in [3.63, 3.8) is 0 Å². The van der Waals surface area contributed by atoms with Crippen molar-refractivity contribution in [1.82, 2.24) is 0 Å². The summed E-state index contributed by atoms with van der Waals surface area (Å²) in [6.45, 7) is 4.28. The molecule has 12 heteroatoms. The zero-order valence-corrected chi connectivity index (χ0v) is 46.0. The van der Waals surface area contributed by atoms with Crippen molar-refractivity contribution in [2.45, 2.75) is 226 Å². The normalized spacial score (nSPS) is 14.2. The molecule has 0 saturated carbocycles. The molecule has 0 aliphatic heterocycles. The van der Waals surface area contributed by atoms with Crippen molar-refractivity contribution in [3.8, 4) is 0 Å². The van der Waals surface area contributed by atoms with Gasteiger partial charge in [-0.15, -0.1) is 0 Å². The fourth-order valence-electron chi connectivity index (χ4n) is 7.04. The monoisotopic (exact) mass is 1030 g/mol. The quantitative estimate of drug-likeness (QED) is 0.0197. The SMILES string of the molecule is CC/C=C\C/C=C\C/C=C\C/C=C\C/C=C\C/C=C\CCC(=O)OC(COC(=O)CCCCCCCCC/C=C\C/C=C\C/C=C\CC)COP(=O)(O)OCC(CO)OC(=O)CCCCCCCCCCC. The molecule has 0 aromatic rings. The molecule has 72 heavy (non-hydrogen) atoms. The first-order valence-corrected chi connectivity index (χ1v) is 29.3. The number of ether oxygens (including phenoxy) is 3. The maximum Gasteiger partial charge on any atom is 0.472 e. The molecule has 0 fully saturated rings. The summed E-state index contributed by atoms with van der Waals surface area (Å²) in [5, 5.41) is 9.76. The predicted octanol–water partition coefficient (Wildman–Crippen LogP) is 16.2. The lowest BCUT2D eigenvalue weighted by atomic mass is 10.1. The highest BCUT2D eigenvalue weighted by Crippen LogP contribution is 2.43. The largest absolute Gasteiger partial charge is 0.472 e. The summed E-state index contributed by atoms with van der Waals surface area (Å²) in [4.78, 5) is 48.4. The van der Waals surface area contributed by atoms with Gasteiger partial charge in [-0.1, -0.05) is 214 Å². The van der Waals surface area contributed by atoms with Crippen molar-refractivity contribution >= 4 is 25.7 Å². The number of phosphoric acid groups is 1. The molecule has 0 rings (SSSR count). The van der Waals surface area contributed by atoms with Gasteiger partial charge in [-0.3, -0.25) is 23.4 Å². The van der Waals surface area contributed by atoms with Gasteiger partial charge in [-0.05, 0) is 89.9 Å². The van der Waals surface area contributed by atoms with E-state index in [1.54, 1.807) is 0 Å². The molecule has 0 aliphatic carbocycles. The molecule has 0 amide bonds. The zero-order valence-electron chi connectivity index (χ0n) is 45.1. The first-order chi connectivity index (χ1) is 35.2. The van der Waals surface area contributed by atoms with Gasteiger partial charge in [-0.25, -0.2) is 4.57 Å². The number of phosphoric ester groups is 1. The van der Waals surface area contributed by atoms with E-state index in [0.29, 0.717) is 25.7 Å². The Morgan fingerprint density at radius 3 is 1.19 bits per heavy atom. The molecular formula is C60H99O11P. The molecule has 0 saturated heterocycles. The molecule has 0 radical (unpaired) electrons. The maximum atomic E-state index is 12.9. The fourth-order valence-corrected chi connectivity index (χ4v) is 7.83. The second kappa shape index (κ2) is 53.4. The van der Waals surface area contributed by atoms with Crippen LogP contribution in [0, 0.1) is 0 Å². The van der Waals surface area contributed by atoms with Crippen LogP contribution in [0.5, 0.6) is 0 Å². The maximum absolute atomic E-state index is 12.9. The standard InChI is InChI=1S/C60H99O11P/c1-4-7-10-13-16-19-21-23-25-27-28-30-32-34-36-39-42-45-48-51-60(64)71-57(53-67-58(62)49-46-43-40-38-35-33-31-29-26-24-22-20-17-14-11-8-5-2)55-69-72(65,66)68-54-56(52-61)70-59(63)50-47-44-41-37-18-15-12-9-6-3/h7-8,10-11,16-17,19-20,23-26,28,30,34,36,42,45,56-57,61H,4-6,9,12-15,18,21-22,27,29,31-33,35,37-41,43-44,46-55H2,1-3H3,(H,65,66)/b10-7-,11-8-,19-16-,20-17-,25-23-,26-24-,30-28-,36-34-,45-42-. The Labute approximate surface area is 437 Å². The minimum atomic E-state index is -4.77. The van der Waals surface area contributed by atoms with E-state index in [0.717, 1.165) is 103 Å². The van der Waals surface area contributed by atoms with E-state index in [9.17, 15) is 28.9 Å². The van der Waals surface area contributed by atoms with Crippen molar-refractivity contribution in [2.75, 3.05) is 26.4 Å². The van der Waals surface area contributed by atoms with Crippen molar-refractivity contribution in [3.05, 3.63) is 109 Å². The molecule has 0 aliphatic rings. The van der Waals surface area contributed by atoms with Crippen LogP contribution in [0.15, 0.2) is 109 Å². The van der Waals surface area contributed by atoms with Crippen molar-refractivity contribution in [1.29, 1.82) is 0 Å². The molecule has 0 spiro atoms. The number of carbonyl (C=O) groups is 3. The van der Waals surface area contributed by atoms with Crippen LogP contribution in [0.2, 0.25) is 0 Å². The van der Waals surface area contributed by atoms with Gasteiger partial charge < -0.3 is 24.2 Å². The first kappa shape index (κ1) is 68.1. The van der Waals surface area contributed by atoms with Gasteiger partial charge in [-0.2, -0.15) is 0 Å². The molecule has 0 bridgehead atoms. The van der Waals surface area contributed by atoms with Crippen LogP contribution < -0.4 is 0 Å². The lowest BCUT2D eigenvalue weighted by Gasteiger charge is -2.21. The second-order valence-electron chi connectivity index (χ2n) is 18.0. The van der Waals surface area contributed by atoms with E-state index in [1.165, 1.54) is 44.9 Å². The highest BCUT2D eigenvalue weighted by molar-refractivity contribution is 7.47. The van der Waals surface area contributed by atoms with Crippen molar-refractivity contribution in [2.24, 2.45) is 0 Å². The Morgan fingerprint density at radius 2 is 0.750 bits per heavy atom. The van der Waals surface area contributed by atoms with Crippen LogP contribution >= 0.6 is 7.82 Å². The van der Waals surface area contributed by atoms with E-state index >= 15 is 0 Å². The number of aliphatic hydroxyl groups is 1. The Morgan fingerprint density at radius 1 is 0.403 bits per heavy atom. The Kier molecular flexibility index (Phi) is 50.6. The average molecular weight is 1030 g/mol. The summed E-state index contributed by atoms with van der Waals surface area (Å²) >= 11 is 0. The Balaban J connectivity index is 4.87. The van der Waals surface area contributed by atoms with Gasteiger partial charge in [0.2, 0.25) is 0 Å². The molecule has 3 atom stereocenters. The lowest BCUT2D eigenvalue weighted by molar-refractivity contribution is -0.161. The first-order valence-electron chi connectivity index (χ1n) is 27.8. The van der Waals surface area contributed by atoms with E-state index in [4.69, 9.17) is 23.3 Å². The average Bonchev–Trinajstić information content (AvgIpc) is 3.37. The van der Waals surface area contributed by atoms with Gasteiger partial charge >= 0.3 is 25.7 Å². The number of hydrogen-bond donors (Lipinski definition) is 2. The van der Waals surface area contributed by atoms with Crippen LogP contribution in [0.25, 0.3) is 0 Å². The Hall–Kier alpha value is -3.86. The van der Waals surface area contributed by atoms with Crippen LogP contribution in [-0.2, 0) is 42.2 Å². The molecule has 0 aromatic carbocycles. The highest BCUT2D eigenvalue weighted by atomic mass is 31.2. The highest BCUT2D eigenvalue weighted by Gasteiger charge is 2.28. The van der Waals surface area contributed by atoms with Crippen molar-refractivity contribution < 1.29 is 52.2 Å². The second-order valence-corrected chi connectivity index (χ2v) is 19.4. The fraction of sp³-hybridized carbons (Fsp3) is 0.650. The zero-order chi connectivity index (χ0) is 52.7. The summed E-state index contributed by atoms with van der Waals surface area (Å²) in [7, 11) is -4.77. The summed E-state index contributed by atoms with van der Waals surface area (Å²) in [5.41, 5.74) is 0. The third-order valence-electron chi connectivity index (χ3n) is 11.2. The lowest BCUT2D eigenvalue weighted by Crippen LogP contribution is -2.30. The molecular weight excluding hydrogens is 928 g/mol. The van der Waals surface area contributed by atoms with Crippen LogP contribution in [-0.4, -0.2) is 66.5 Å². The molecule has 3 unspecified atom stereocenters. The third kappa shape index (κ3) is 51.1. The molecule has 410 valence electrons. The van der Waals surface area contributed by atoms with Crippen LogP contribution in [0.1, 0.15) is 213 Å². The van der Waals surface area contributed by atoms with Gasteiger partial charge in [0, 0.05) is 19.3 Å². The van der Waals surface area contributed by atoms with Gasteiger partial charge in [0.05, 0.1) is 19.8 Å². The third-order valence-corrected chi connectivity index (χ3v) is 12.2. The number of unbranched alkanes of at least 4 members (excludes halogenated alkanes) is 15. The summed E-state index contributed by atoms with van der Waals surface area (Å²) in [6, 6.07) is 0. The van der Waals surface area contributed by atoms with E-state index in [2.05, 4.69) is 118 Å². The number of allylic oxidation sites excluding steroid dienone is 18. The smallest absolute Gasteiger partial charge is 0.462 e. The molecule has 0 heterocycles. The van der Waals surface area contributed by atoms with Gasteiger partial charge in [0.1, 0.15) is 12.7 Å². The number of esters is 3. The number of hydrogen-bond acceptors (Lipinski definition) is 10. The Bertz CT molecular complexity index is 1620. The summed E-state index contributed by atoms with van der Waals surface area (Å²) < 4.78 is 39.3. The van der Waals surface area contributed by atoms with Crippen LogP contribution in [0.3, 0.4) is 0 Å². The van der Waals surface area contributed by atoms with E-state index < -0.39 is 57.8 Å². The summed E-state index contributed by atoms with van der Waals surface area (Å²) in [5.74, 6) is -1.59. The summed E-state index contributed by atoms with van der Waals surface area (Å²) in [6.07, 6.45) is 63.6. The molecule has 0 aromatic heterocycles. The topological polar surface area (TPSA) is 155 Å².